The van der Waals surface area contributed by atoms with Crippen molar-refractivity contribution in [2.75, 3.05) is 13.7 Å². The van der Waals surface area contributed by atoms with E-state index >= 15 is 0 Å². The summed E-state index contributed by atoms with van der Waals surface area (Å²) in [5, 5.41) is 8.65. The normalized spacial score (nSPS) is 10.3. The highest BCUT2D eigenvalue weighted by Gasteiger charge is 2.06. The number of ether oxygens (including phenoxy) is 1. The number of aromatic nitrogens is 2. The van der Waals surface area contributed by atoms with Gasteiger partial charge in [-0.15, -0.1) is 0 Å². The average Bonchev–Trinajstić information content (AvgIpc) is 2.20. The number of methoxy groups -OCH3 is 1. The standard InChI is InChI=1S/C10H16N2O3/c1-8-7-9(14)12(5-3-4-6-13)10(11-8)15-2/h7,13H,3-6H2,1-2H3. The maximum atomic E-state index is 11.6. The Labute approximate surface area is 88.3 Å². The van der Waals surface area contributed by atoms with Crippen LogP contribution >= 0.6 is 0 Å². The first-order chi connectivity index (χ1) is 7.19. The molecule has 0 aliphatic heterocycles. The number of hydrogen-bond acceptors (Lipinski definition) is 4. The summed E-state index contributed by atoms with van der Waals surface area (Å²) < 4.78 is 6.50. The van der Waals surface area contributed by atoms with Crippen LogP contribution in [0.1, 0.15) is 18.5 Å². The van der Waals surface area contributed by atoms with E-state index in [2.05, 4.69) is 4.98 Å². The molecule has 84 valence electrons. The fourth-order valence-corrected chi connectivity index (χ4v) is 1.34. The van der Waals surface area contributed by atoms with Gasteiger partial charge in [-0.05, 0) is 19.8 Å². The number of aliphatic hydroxyl groups excluding tert-OH is 1. The van der Waals surface area contributed by atoms with Gasteiger partial charge in [-0.1, -0.05) is 0 Å². The van der Waals surface area contributed by atoms with E-state index in [-0.39, 0.29) is 12.2 Å². The SMILES string of the molecule is COc1nc(C)cc(=O)n1CCCCO. The summed E-state index contributed by atoms with van der Waals surface area (Å²) in [5.41, 5.74) is 0.535. The van der Waals surface area contributed by atoms with Crippen LogP contribution in [0, 0.1) is 6.92 Å². The maximum Gasteiger partial charge on any atom is 0.299 e. The second-order valence-electron chi connectivity index (χ2n) is 3.30. The van der Waals surface area contributed by atoms with Crippen LogP contribution in [0.4, 0.5) is 0 Å². The third kappa shape index (κ3) is 3.06. The highest BCUT2D eigenvalue weighted by Crippen LogP contribution is 2.05. The van der Waals surface area contributed by atoms with Crippen LogP contribution in [-0.2, 0) is 6.54 Å². The highest BCUT2D eigenvalue weighted by atomic mass is 16.5. The molecule has 1 N–H and O–H groups in total. The second-order valence-corrected chi connectivity index (χ2v) is 3.30. The minimum atomic E-state index is -0.114. The van der Waals surface area contributed by atoms with Crippen molar-refractivity contribution in [1.82, 2.24) is 9.55 Å². The lowest BCUT2D eigenvalue weighted by Crippen LogP contribution is -2.22. The van der Waals surface area contributed by atoms with Gasteiger partial charge in [-0.2, -0.15) is 0 Å². The molecule has 0 atom stereocenters. The van der Waals surface area contributed by atoms with Crippen LogP contribution in [-0.4, -0.2) is 28.4 Å². The van der Waals surface area contributed by atoms with E-state index in [4.69, 9.17) is 9.84 Å². The van der Waals surface area contributed by atoms with Crippen LogP contribution in [0.5, 0.6) is 6.01 Å². The van der Waals surface area contributed by atoms with Gasteiger partial charge < -0.3 is 9.84 Å². The molecule has 0 unspecified atom stereocenters. The van der Waals surface area contributed by atoms with Crippen molar-refractivity contribution >= 4 is 0 Å². The van der Waals surface area contributed by atoms with Gasteiger partial charge in [0.25, 0.3) is 11.6 Å². The Hall–Kier alpha value is -1.36. The Morgan fingerprint density at radius 1 is 1.53 bits per heavy atom. The van der Waals surface area contributed by atoms with Gasteiger partial charge in [0.15, 0.2) is 0 Å². The number of rotatable bonds is 5. The Morgan fingerprint density at radius 3 is 2.87 bits per heavy atom. The molecule has 0 bridgehead atoms. The zero-order valence-electron chi connectivity index (χ0n) is 9.06. The van der Waals surface area contributed by atoms with Crippen molar-refractivity contribution in [2.45, 2.75) is 26.3 Å². The van der Waals surface area contributed by atoms with Crippen molar-refractivity contribution in [2.24, 2.45) is 0 Å². The largest absolute Gasteiger partial charge is 0.468 e. The van der Waals surface area contributed by atoms with E-state index in [1.807, 2.05) is 0 Å². The lowest BCUT2D eigenvalue weighted by Gasteiger charge is -2.10. The third-order valence-electron chi connectivity index (χ3n) is 2.07. The molecule has 0 aliphatic rings. The van der Waals surface area contributed by atoms with Crippen LogP contribution in [0.15, 0.2) is 10.9 Å². The predicted octanol–water partition coefficient (Wildman–Crippen LogP) is 0.333. The summed E-state index contributed by atoms with van der Waals surface area (Å²) in [6.45, 7) is 2.41. The number of aliphatic hydroxyl groups is 1. The number of hydrogen-bond donors (Lipinski definition) is 1. The lowest BCUT2D eigenvalue weighted by molar-refractivity contribution is 0.276. The highest BCUT2D eigenvalue weighted by molar-refractivity contribution is 5.06. The van der Waals surface area contributed by atoms with Crippen LogP contribution < -0.4 is 10.3 Å². The van der Waals surface area contributed by atoms with Gasteiger partial charge in [0, 0.05) is 24.9 Å². The van der Waals surface area contributed by atoms with Crippen LogP contribution in [0.3, 0.4) is 0 Å². The summed E-state index contributed by atoms with van der Waals surface area (Å²) in [4.78, 5) is 15.7. The van der Waals surface area contributed by atoms with Crippen molar-refractivity contribution in [3.8, 4) is 6.01 Å². The lowest BCUT2D eigenvalue weighted by atomic mass is 10.3. The molecule has 0 amide bonds. The molecule has 1 rings (SSSR count). The molecule has 5 heteroatoms. The van der Waals surface area contributed by atoms with Gasteiger partial charge in [0.2, 0.25) is 0 Å². The first-order valence-corrected chi connectivity index (χ1v) is 4.92. The quantitative estimate of drug-likeness (QED) is 0.714. The minimum Gasteiger partial charge on any atom is -0.468 e. The zero-order valence-corrected chi connectivity index (χ0v) is 9.06. The molecule has 0 saturated carbocycles. The fourth-order valence-electron chi connectivity index (χ4n) is 1.34. The van der Waals surface area contributed by atoms with E-state index < -0.39 is 0 Å². The third-order valence-corrected chi connectivity index (χ3v) is 2.07. The van der Waals surface area contributed by atoms with Gasteiger partial charge in [0.1, 0.15) is 0 Å². The molecule has 0 saturated heterocycles. The Morgan fingerprint density at radius 2 is 2.27 bits per heavy atom. The van der Waals surface area contributed by atoms with E-state index in [0.717, 1.165) is 6.42 Å². The maximum absolute atomic E-state index is 11.6. The van der Waals surface area contributed by atoms with Gasteiger partial charge in [-0.3, -0.25) is 9.36 Å². The monoisotopic (exact) mass is 212 g/mol. The zero-order chi connectivity index (χ0) is 11.3. The number of nitrogens with zero attached hydrogens (tertiary/aromatic N) is 2. The molecular formula is C10H16N2O3. The molecule has 1 aromatic heterocycles. The molecule has 0 aromatic carbocycles. The molecular weight excluding hydrogens is 196 g/mol. The molecule has 1 heterocycles. The Balaban J connectivity index is 2.89. The Bertz CT molecular complexity index is 373. The smallest absolute Gasteiger partial charge is 0.299 e. The second kappa shape index (κ2) is 5.50. The van der Waals surface area contributed by atoms with Gasteiger partial charge in [0.05, 0.1) is 7.11 Å². The molecule has 1 aromatic rings. The van der Waals surface area contributed by atoms with Crippen molar-refractivity contribution in [1.29, 1.82) is 0 Å². The van der Waals surface area contributed by atoms with Crippen LogP contribution in [0.2, 0.25) is 0 Å². The molecule has 15 heavy (non-hydrogen) atoms. The topological polar surface area (TPSA) is 64.3 Å². The van der Waals surface area contributed by atoms with Gasteiger partial charge in [-0.25, -0.2) is 4.98 Å². The van der Waals surface area contributed by atoms with Crippen molar-refractivity contribution in [3.63, 3.8) is 0 Å². The van der Waals surface area contributed by atoms with E-state index in [0.29, 0.717) is 24.7 Å². The summed E-state index contributed by atoms with van der Waals surface area (Å²) in [5.74, 6) is 0. The molecule has 0 spiro atoms. The minimum absolute atomic E-state index is 0.114. The Kier molecular flexibility index (Phi) is 4.30. The number of unbranched alkanes of at least 4 members (excludes halogenated alkanes) is 1. The first-order valence-electron chi connectivity index (χ1n) is 4.92. The van der Waals surface area contributed by atoms with Gasteiger partial charge >= 0.3 is 0 Å². The molecule has 0 aliphatic carbocycles. The van der Waals surface area contributed by atoms with Crippen molar-refractivity contribution < 1.29 is 9.84 Å². The first kappa shape index (κ1) is 11.7. The summed E-state index contributed by atoms with van der Waals surface area (Å²) in [6, 6.07) is 1.81. The van der Waals surface area contributed by atoms with Crippen LogP contribution in [0.25, 0.3) is 0 Å². The fraction of sp³-hybridized carbons (Fsp3) is 0.600. The summed E-state index contributed by atoms with van der Waals surface area (Å²) in [6.07, 6.45) is 1.40. The molecule has 0 radical (unpaired) electrons. The number of aryl methyl sites for hydroxylation is 1. The molecule has 5 nitrogen and oxygen atoms in total. The van der Waals surface area contributed by atoms with E-state index in [1.165, 1.54) is 17.7 Å². The predicted molar refractivity (Wildman–Crippen MR) is 56.1 cm³/mol. The average molecular weight is 212 g/mol. The van der Waals surface area contributed by atoms with E-state index in [9.17, 15) is 4.79 Å². The summed E-state index contributed by atoms with van der Waals surface area (Å²) >= 11 is 0. The molecule has 0 fully saturated rings. The van der Waals surface area contributed by atoms with E-state index in [1.54, 1.807) is 6.92 Å². The van der Waals surface area contributed by atoms with Crippen molar-refractivity contribution in [3.05, 3.63) is 22.1 Å². The summed E-state index contributed by atoms with van der Waals surface area (Å²) in [7, 11) is 1.49.